The molecule has 2 rings (SSSR count). The molecule has 0 saturated carbocycles. The summed E-state index contributed by atoms with van der Waals surface area (Å²) in [6, 6.07) is 8.55. The van der Waals surface area contributed by atoms with Gasteiger partial charge in [-0.05, 0) is 72.6 Å². The number of benzene rings is 1. The van der Waals surface area contributed by atoms with Gasteiger partial charge in [0.25, 0.3) is 0 Å². The fourth-order valence-corrected chi connectivity index (χ4v) is 2.50. The molecular formula is C12H17IN2. The molecule has 3 heteroatoms. The van der Waals surface area contributed by atoms with Gasteiger partial charge in [-0.1, -0.05) is 6.07 Å². The molecule has 0 aromatic heterocycles. The van der Waals surface area contributed by atoms with E-state index in [0.717, 1.165) is 19.0 Å². The predicted molar refractivity (Wildman–Crippen MR) is 73.2 cm³/mol. The van der Waals surface area contributed by atoms with Gasteiger partial charge in [-0.25, -0.2) is 0 Å². The van der Waals surface area contributed by atoms with E-state index >= 15 is 0 Å². The third-order valence-corrected chi connectivity index (χ3v) is 3.49. The first-order valence-corrected chi connectivity index (χ1v) is 6.62. The van der Waals surface area contributed by atoms with E-state index in [2.05, 4.69) is 57.5 Å². The van der Waals surface area contributed by atoms with Crippen LogP contribution in [0.3, 0.4) is 0 Å². The maximum Gasteiger partial charge on any atom is 0.0350 e. The Bertz CT molecular complexity index is 308. The molecule has 1 aliphatic heterocycles. The summed E-state index contributed by atoms with van der Waals surface area (Å²) in [5.74, 6) is 0.789. The molecular weight excluding hydrogens is 299 g/mol. The van der Waals surface area contributed by atoms with E-state index in [9.17, 15) is 0 Å². The molecule has 0 amide bonds. The minimum Gasteiger partial charge on any atom is -0.385 e. The van der Waals surface area contributed by atoms with Gasteiger partial charge < -0.3 is 10.6 Å². The molecule has 0 bridgehead atoms. The Morgan fingerprint density at radius 3 is 3.13 bits per heavy atom. The molecule has 2 N–H and O–H groups in total. The van der Waals surface area contributed by atoms with E-state index in [1.54, 1.807) is 0 Å². The molecule has 0 aliphatic carbocycles. The van der Waals surface area contributed by atoms with Crippen LogP contribution in [0.4, 0.5) is 5.69 Å². The highest BCUT2D eigenvalue weighted by atomic mass is 127. The van der Waals surface area contributed by atoms with Crippen LogP contribution >= 0.6 is 22.6 Å². The van der Waals surface area contributed by atoms with Gasteiger partial charge in [0.05, 0.1) is 0 Å². The molecule has 1 aliphatic rings. The third-order valence-electron chi connectivity index (χ3n) is 2.82. The maximum atomic E-state index is 3.51. The zero-order chi connectivity index (χ0) is 10.5. The molecule has 0 radical (unpaired) electrons. The summed E-state index contributed by atoms with van der Waals surface area (Å²) in [5, 5.41) is 6.95. The summed E-state index contributed by atoms with van der Waals surface area (Å²) in [5.41, 5.74) is 1.24. The Labute approximate surface area is 105 Å². The molecule has 1 unspecified atom stereocenters. The first-order valence-electron chi connectivity index (χ1n) is 5.55. The molecule has 1 saturated heterocycles. The van der Waals surface area contributed by atoms with Crippen molar-refractivity contribution in [2.24, 2.45) is 5.92 Å². The van der Waals surface area contributed by atoms with Crippen LogP contribution in [0.1, 0.15) is 12.8 Å². The van der Waals surface area contributed by atoms with Crippen LogP contribution in [-0.4, -0.2) is 19.6 Å². The summed E-state index contributed by atoms with van der Waals surface area (Å²) < 4.78 is 1.29. The van der Waals surface area contributed by atoms with Crippen LogP contribution in [-0.2, 0) is 0 Å². The smallest absolute Gasteiger partial charge is 0.0350 e. The molecule has 1 aromatic rings. The molecule has 1 aromatic carbocycles. The number of anilines is 1. The van der Waals surface area contributed by atoms with Crippen molar-refractivity contribution in [2.75, 3.05) is 25.0 Å². The summed E-state index contributed by atoms with van der Waals surface area (Å²) in [4.78, 5) is 0. The van der Waals surface area contributed by atoms with Crippen molar-refractivity contribution in [1.82, 2.24) is 5.32 Å². The summed E-state index contributed by atoms with van der Waals surface area (Å²) in [6.07, 6.45) is 2.67. The molecule has 15 heavy (non-hydrogen) atoms. The van der Waals surface area contributed by atoms with Crippen molar-refractivity contribution >= 4 is 28.3 Å². The summed E-state index contributed by atoms with van der Waals surface area (Å²) in [6.45, 7) is 3.45. The monoisotopic (exact) mass is 316 g/mol. The first kappa shape index (κ1) is 11.2. The Hall–Kier alpha value is -0.290. The van der Waals surface area contributed by atoms with Crippen molar-refractivity contribution in [1.29, 1.82) is 0 Å². The second-order valence-corrected chi connectivity index (χ2v) is 5.35. The Morgan fingerprint density at radius 2 is 2.40 bits per heavy atom. The zero-order valence-electron chi connectivity index (χ0n) is 8.80. The number of hydrogen-bond acceptors (Lipinski definition) is 2. The minimum absolute atomic E-state index is 0.789. The van der Waals surface area contributed by atoms with Crippen LogP contribution in [0.2, 0.25) is 0 Å². The number of nitrogens with one attached hydrogen (secondary N) is 2. The van der Waals surface area contributed by atoms with Gasteiger partial charge in [0, 0.05) is 15.8 Å². The normalized spacial score (nSPS) is 21.3. The highest BCUT2D eigenvalue weighted by Gasteiger charge is 2.11. The SMILES string of the molecule is Ic1cccc(NCC2CCCNC2)c1. The molecule has 1 fully saturated rings. The topological polar surface area (TPSA) is 24.1 Å². The highest BCUT2D eigenvalue weighted by molar-refractivity contribution is 14.1. The average molecular weight is 316 g/mol. The van der Waals surface area contributed by atoms with Crippen LogP contribution in [0.15, 0.2) is 24.3 Å². The van der Waals surface area contributed by atoms with Crippen molar-refractivity contribution < 1.29 is 0 Å². The zero-order valence-corrected chi connectivity index (χ0v) is 11.0. The number of piperidine rings is 1. The van der Waals surface area contributed by atoms with Gasteiger partial charge in [0.15, 0.2) is 0 Å². The second kappa shape index (κ2) is 5.70. The summed E-state index contributed by atoms with van der Waals surface area (Å²) in [7, 11) is 0. The van der Waals surface area contributed by atoms with E-state index in [4.69, 9.17) is 0 Å². The van der Waals surface area contributed by atoms with Gasteiger partial charge in [-0.2, -0.15) is 0 Å². The van der Waals surface area contributed by atoms with E-state index < -0.39 is 0 Å². The average Bonchev–Trinajstić information content (AvgIpc) is 2.28. The van der Waals surface area contributed by atoms with Crippen molar-refractivity contribution in [3.63, 3.8) is 0 Å². The summed E-state index contributed by atoms with van der Waals surface area (Å²) >= 11 is 2.35. The standard InChI is InChI=1S/C12H17IN2/c13-11-4-1-5-12(7-11)15-9-10-3-2-6-14-8-10/h1,4-5,7,10,14-15H,2-3,6,8-9H2. The molecule has 1 heterocycles. The van der Waals surface area contributed by atoms with E-state index in [-0.39, 0.29) is 0 Å². The third kappa shape index (κ3) is 3.65. The predicted octanol–water partition coefficient (Wildman–Crippen LogP) is 2.70. The lowest BCUT2D eigenvalue weighted by Crippen LogP contribution is -2.33. The van der Waals surface area contributed by atoms with Gasteiger partial charge in [0.1, 0.15) is 0 Å². The molecule has 0 spiro atoms. The van der Waals surface area contributed by atoms with E-state index in [0.29, 0.717) is 0 Å². The van der Waals surface area contributed by atoms with Crippen molar-refractivity contribution in [2.45, 2.75) is 12.8 Å². The quantitative estimate of drug-likeness (QED) is 0.838. The maximum absolute atomic E-state index is 3.51. The fraction of sp³-hybridized carbons (Fsp3) is 0.500. The fourth-order valence-electron chi connectivity index (χ4n) is 1.96. The lowest BCUT2D eigenvalue weighted by Gasteiger charge is -2.23. The first-order chi connectivity index (χ1) is 7.34. The Balaban J connectivity index is 1.81. The van der Waals surface area contributed by atoms with Crippen LogP contribution in [0, 0.1) is 9.49 Å². The number of halogens is 1. The lowest BCUT2D eigenvalue weighted by molar-refractivity contribution is 0.393. The van der Waals surface area contributed by atoms with Crippen LogP contribution in [0.5, 0.6) is 0 Å². The van der Waals surface area contributed by atoms with Crippen molar-refractivity contribution in [3.05, 3.63) is 27.8 Å². The van der Waals surface area contributed by atoms with Gasteiger partial charge >= 0.3 is 0 Å². The lowest BCUT2D eigenvalue weighted by atomic mass is 10.00. The number of rotatable bonds is 3. The molecule has 2 nitrogen and oxygen atoms in total. The van der Waals surface area contributed by atoms with Crippen molar-refractivity contribution in [3.8, 4) is 0 Å². The Kier molecular flexibility index (Phi) is 4.26. The highest BCUT2D eigenvalue weighted by Crippen LogP contribution is 2.15. The molecule has 1 atom stereocenters. The largest absolute Gasteiger partial charge is 0.385 e. The van der Waals surface area contributed by atoms with Gasteiger partial charge in [-0.3, -0.25) is 0 Å². The molecule has 82 valence electrons. The number of hydrogen-bond donors (Lipinski definition) is 2. The van der Waals surface area contributed by atoms with Gasteiger partial charge in [-0.15, -0.1) is 0 Å². The van der Waals surface area contributed by atoms with E-state index in [1.165, 1.54) is 28.6 Å². The second-order valence-electron chi connectivity index (χ2n) is 4.10. The van der Waals surface area contributed by atoms with Gasteiger partial charge in [0.2, 0.25) is 0 Å². The van der Waals surface area contributed by atoms with Crippen LogP contribution in [0.25, 0.3) is 0 Å². The van der Waals surface area contributed by atoms with E-state index in [1.807, 2.05) is 0 Å². The Morgan fingerprint density at radius 1 is 1.47 bits per heavy atom. The minimum atomic E-state index is 0.789. The van der Waals surface area contributed by atoms with Crippen LogP contribution < -0.4 is 10.6 Å².